The van der Waals surface area contributed by atoms with Crippen LogP contribution in [-0.2, 0) is 0 Å². The Hall–Kier alpha value is -1.62. The highest BCUT2D eigenvalue weighted by molar-refractivity contribution is 5.91. The molecular formula is C12H17N3O2. The van der Waals surface area contributed by atoms with Crippen molar-refractivity contribution < 1.29 is 9.90 Å². The van der Waals surface area contributed by atoms with Crippen molar-refractivity contribution in [1.29, 1.82) is 0 Å². The number of pyridine rings is 1. The van der Waals surface area contributed by atoms with Gasteiger partial charge in [-0.15, -0.1) is 0 Å². The number of anilines is 1. The maximum Gasteiger partial charge on any atom is 0.267 e. The lowest BCUT2D eigenvalue weighted by atomic mass is 10.0. The SMILES string of the molecule is NC(=O)c1cc(NC2CCCC2CO)ccn1. The van der Waals surface area contributed by atoms with Crippen molar-refractivity contribution in [2.75, 3.05) is 11.9 Å². The zero-order valence-electron chi connectivity index (χ0n) is 9.60. The average molecular weight is 235 g/mol. The fourth-order valence-electron chi connectivity index (χ4n) is 2.31. The summed E-state index contributed by atoms with van der Waals surface area (Å²) in [4.78, 5) is 14.9. The van der Waals surface area contributed by atoms with Crippen LogP contribution in [0.25, 0.3) is 0 Å². The summed E-state index contributed by atoms with van der Waals surface area (Å²) in [6.45, 7) is 0.200. The smallest absolute Gasteiger partial charge is 0.267 e. The zero-order valence-corrected chi connectivity index (χ0v) is 9.60. The van der Waals surface area contributed by atoms with E-state index in [9.17, 15) is 9.90 Å². The van der Waals surface area contributed by atoms with Gasteiger partial charge in [0.25, 0.3) is 5.91 Å². The molecule has 0 spiro atoms. The van der Waals surface area contributed by atoms with E-state index in [1.165, 1.54) is 0 Å². The molecule has 1 saturated carbocycles. The molecule has 5 nitrogen and oxygen atoms in total. The number of amides is 1. The monoisotopic (exact) mass is 235 g/mol. The molecule has 0 radical (unpaired) electrons. The second-order valence-corrected chi connectivity index (χ2v) is 4.42. The number of aliphatic hydroxyl groups is 1. The second kappa shape index (κ2) is 5.14. The first-order valence-electron chi connectivity index (χ1n) is 5.84. The number of carbonyl (C=O) groups is 1. The molecule has 4 N–H and O–H groups in total. The number of nitrogens with zero attached hydrogens (tertiary/aromatic N) is 1. The number of aromatic nitrogens is 1. The average Bonchev–Trinajstić information content (AvgIpc) is 2.76. The molecular weight excluding hydrogens is 218 g/mol. The van der Waals surface area contributed by atoms with Crippen LogP contribution in [0.15, 0.2) is 18.3 Å². The summed E-state index contributed by atoms with van der Waals surface area (Å²) in [7, 11) is 0. The number of nitrogens with one attached hydrogen (secondary N) is 1. The molecule has 1 aliphatic carbocycles. The Kier molecular flexibility index (Phi) is 3.58. The van der Waals surface area contributed by atoms with Gasteiger partial charge in [-0.25, -0.2) is 0 Å². The lowest BCUT2D eigenvalue weighted by molar-refractivity contribution is 0.0995. The van der Waals surface area contributed by atoms with Crippen molar-refractivity contribution in [2.45, 2.75) is 25.3 Å². The molecule has 0 bridgehead atoms. The minimum atomic E-state index is -0.529. The van der Waals surface area contributed by atoms with Crippen LogP contribution >= 0.6 is 0 Å². The molecule has 0 aliphatic heterocycles. The molecule has 1 fully saturated rings. The van der Waals surface area contributed by atoms with Crippen molar-refractivity contribution in [3.63, 3.8) is 0 Å². The van der Waals surface area contributed by atoms with E-state index in [-0.39, 0.29) is 18.3 Å². The van der Waals surface area contributed by atoms with Crippen molar-refractivity contribution in [2.24, 2.45) is 11.7 Å². The van der Waals surface area contributed by atoms with Crippen LogP contribution in [0.1, 0.15) is 29.8 Å². The number of nitrogens with two attached hydrogens (primary N) is 1. The highest BCUT2D eigenvalue weighted by Gasteiger charge is 2.26. The molecule has 5 heteroatoms. The summed E-state index contributed by atoms with van der Waals surface area (Å²) in [5.74, 6) is -0.237. The Bertz CT molecular complexity index is 408. The van der Waals surface area contributed by atoms with E-state index in [4.69, 9.17) is 5.73 Å². The Labute approximate surface area is 100 Å². The van der Waals surface area contributed by atoms with E-state index in [1.54, 1.807) is 18.3 Å². The fourth-order valence-corrected chi connectivity index (χ4v) is 2.31. The summed E-state index contributed by atoms with van der Waals surface area (Å²) >= 11 is 0. The number of primary amides is 1. The lowest BCUT2D eigenvalue weighted by Gasteiger charge is -2.20. The summed E-state index contributed by atoms with van der Waals surface area (Å²) < 4.78 is 0. The zero-order chi connectivity index (χ0) is 12.3. The Morgan fingerprint density at radius 3 is 3.12 bits per heavy atom. The van der Waals surface area contributed by atoms with Crippen LogP contribution < -0.4 is 11.1 Å². The van der Waals surface area contributed by atoms with E-state index in [1.807, 2.05) is 0 Å². The molecule has 1 amide bonds. The van der Waals surface area contributed by atoms with E-state index in [0.717, 1.165) is 24.9 Å². The highest BCUT2D eigenvalue weighted by Crippen LogP contribution is 2.28. The number of hydrogen-bond donors (Lipinski definition) is 3. The third kappa shape index (κ3) is 2.74. The van der Waals surface area contributed by atoms with Crippen LogP contribution in [0.2, 0.25) is 0 Å². The Morgan fingerprint density at radius 1 is 1.59 bits per heavy atom. The molecule has 0 saturated heterocycles. The summed E-state index contributed by atoms with van der Waals surface area (Å²) in [6.07, 6.45) is 4.77. The van der Waals surface area contributed by atoms with Gasteiger partial charge < -0.3 is 16.2 Å². The molecule has 1 aliphatic rings. The predicted octanol–water partition coefficient (Wildman–Crippen LogP) is 0.753. The van der Waals surface area contributed by atoms with Crippen LogP contribution in [-0.4, -0.2) is 28.6 Å². The molecule has 92 valence electrons. The second-order valence-electron chi connectivity index (χ2n) is 4.42. The quantitative estimate of drug-likeness (QED) is 0.718. The van der Waals surface area contributed by atoms with Gasteiger partial charge in [-0.1, -0.05) is 6.42 Å². The third-order valence-corrected chi connectivity index (χ3v) is 3.26. The van der Waals surface area contributed by atoms with Gasteiger partial charge in [0.1, 0.15) is 5.69 Å². The van der Waals surface area contributed by atoms with Gasteiger partial charge in [0, 0.05) is 30.5 Å². The number of rotatable bonds is 4. The molecule has 2 unspecified atom stereocenters. The lowest BCUT2D eigenvalue weighted by Crippen LogP contribution is -2.26. The number of carbonyl (C=O) groups excluding carboxylic acids is 1. The minimum absolute atomic E-state index is 0.200. The fraction of sp³-hybridized carbons (Fsp3) is 0.500. The standard InChI is InChI=1S/C12H17N3O2/c13-12(17)11-6-9(4-5-14-11)15-10-3-1-2-8(10)7-16/h4-6,8,10,16H,1-3,7H2,(H2,13,17)(H,14,15). The van der Waals surface area contributed by atoms with Gasteiger partial charge in [0.2, 0.25) is 0 Å². The molecule has 2 atom stereocenters. The summed E-state index contributed by atoms with van der Waals surface area (Å²) in [6, 6.07) is 3.72. The van der Waals surface area contributed by atoms with E-state index >= 15 is 0 Å². The van der Waals surface area contributed by atoms with Crippen molar-refractivity contribution >= 4 is 11.6 Å². The predicted molar refractivity (Wildman–Crippen MR) is 64.6 cm³/mol. The van der Waals surface area contributed by atoms with Gasteiger partial charge in [-0.3, -0.25) is 9.78 Å². The normalized spacial score (nSPS) is 23.6. The number of aliphatic hydroxyl groups excluding tert-OH is 1. The molecule has 0 aromatic carbocycles. The first kappa shape index (κ1) is 11.9. The molecule has 1 aromatic heterocycles. The molecule has 2 rings (SSSR count). The summed E-state index contributed by atoms with van der Waals surface area (Å²) in [5.41, 5.74) is 6.27. The molecule has 17 heavy (non-hydrogen) atoms. The molecule has 1 aromatic rings. The first-order valence-corrected chi connectivity index (χ1v) is 5.84. The van der Waals surface area contributed by atoms with Crippen molar-refractivity contribution in [3.8, 4) is 0 Å². The maximum absolute atomic E-state index is 11.0. The van der Waals surface area contributed by atoms with Gasteiger partial charge in [-0.2, -0.15) is 0 Å². The molecule has 1 heterocycles. The van der Waals surface area contributed by atoms with Gasteiger partial charge >= 0.3 is 0 Å². The Balaban J connectivity index is 2.07. The van der Waals surface area contributed by atoms with Crippen LogP contribution in [0.5, 0.6) is 0 Å². The third-order valence-electron chi connectivity index (χ3n) is 3.26. The van der Waals surface area contributed by atoms with Crippen LogP contribution in [0, 0.1) is 5.92 Å². The van der Waals surface area contributed by atoms with Gasteiger partial charge in [0.05, 0.1) is 0 Å². The first-order chi connectivity index (χ1) is 8.20. The topological polar surface area (TPSA) is 88.2 Å². The van der Waals surface area contributed by atoms with E-state index < -0.39 is 5.91 Å². The highest BCUT2D eigenvalue weighted by atomic mass is 16.3. The van der Waals surface area contributed by atoms with Gasteiger partial charge in [-0.05, 0) is 25.0 Å². The van der Waals surface area contributed by atoms with E-state index in [2.05, 4.69) is 10.3 Å². The maximum atomic E-state index is 11.0. The Morgan fingerprint density at radius 2 is 2.41 bits per heavy atom. The minimum Gasteiger partial charge on any atom is -0.396 e. The van der Waals surface area contributed by atoms with Crippen molar-refractivity contribution in [1.82, 2.24) is 4.98 Å². The van der Waals surface area contributed by atoms with E-state index in [0.29, 0.717) is 5.92 Å². The summed E-state index contributed by atoms with van der Waals surface area (Å²) in [5, 5.41) is 12.6. The van der Waals surface area contributed by atoms with Gasteiger partial charge in [0.15, 0.2) is 0 Å². The van der Waals surface area contributed by atoms with Crippen LogP contribution in [0.3, 0.4) is 0 Å². The van der Waals surface area contributed by atoms with Crippen LogP contribution in [0.4, 0.5) is 5.69 Å². The largest absolute Gasteiger partial charge is 0.396 e. The van der Waals surface area contributed by atoms with Crippen molar-refractivity contribution in [3.05, 3.63) is 24.0 Å². The number of hydrogen-bond acceptors (Lipinski definition) is 4.